The van der Waals surface area contributed by atoms with Crippen LogP contribution < -0.4 is 15.4 Å². The molecule has 120 valence electrons. The Hall–Kier alpha value is -1.88. The first-order chi connectivity index (χ1) is 10.4. The van der Waals surface area contributed by atoms with E-state index in [2.05, 4.69) is 13.8 Å². The first-order valence-corrected chi connectivity index (χ1v) is 7.79. The third kappa shape index (κ3) is 3.47. The maximum absolute atomic E-state index is 12.4. The predicted octanol–water partition coefficient (Wildman–Crippen LogP) is 2.38. The van der Waals surface area contributed by atoms with Gasteiger partial charge in [0.25, 0.3) is 5.91 Å². The quantitative estimate of drug-likeness (QED) is 0.819. The molecule has 0 bridgehead atoms. The number of nitrogens with two attached hydrogens (primary N) is 1. The normalized spacial score (nSPS) is 17.4. The monoisotopic (exact) mass is 304 g/mol. The van der Waals surface area contributed by atoms with Gasteiger partial charge in [-0.3, -0.25) is 9.59 Å². The van der Waals surface area contributed by atoms with Crippen molar-refractivity contribution in [1.29, 1.82) is 0 Å². The summed E-state index contributed by atoms with van der Waals surface area (Å²) >= 11 is 0. The Morgan fingerprint density at radius 1 is 1.41 bits per heavy atom. The highest BCUT2D eigenvalue weighted by molar-refractivity contribution is 6.03. The van der Waals surface area contributed by atoms with Gasteiger partial charge < -0.3 is 15.4 Å². The maximum Gasteiger partial charge on any atom is 0.267 e. The lowest BCUT2D eigenvalue weighted by molar-refractivity contribution is -0.125. The third-order valence-corrected chi connectivity index (χ3v) is 3.64. The van der Waals surface area contributed by atoms with Crippen LogP contribution in [0.5, 0.6) is 5.75 Å². The van der Waals surface area contributed by atoms with E-state index < -0.39 is 6.10 Å². The molecule has 0 radical (unpaired) electrons. The molecule has 1 amide bonds. The Labute approximate surface area is 131 Å². The number of anilines is 1. The van der Waals surface area contributed by atoms with E-state index in [0.717, 1.165) is 0 Å². The van der Waals surface area contributed by atoms with Crippen molar-refractivity contribution in [2.24, 2.45) is 11.7 Å². The lowest BCUT2D eigenvalue weighted by atomic mass is 10.0. The first-order valence-electron chi connectivity index (χ1n) is 7.79. The molecule has 0 saturated heterocycles. The molecule has 5 heteroatoms. The second kappa shape index (κ2) is 6.92. The fourth-order valence-electron chi connectivity index (χ4n) is 2.54. The maximum atomic E-state index is 12.4. The van der Waals surface area contributed by atoms with Crippen LogP contribution in [0.2, 0.25) is 0 Å². The largest absolute Gasteiger partial charge is 0.479 e. The van der Waals surface area contributed by atoms with Gasteiger partial charge in [0.15, 0.2) is 11.9 Å². The van der Waals surface area contributed by atoms with Crippen LogP contribution in [0.3, 0.4) is 0 Å². The summed E-state index contributed by atoms with van der Waals surface area (Å²) in [6, 6.07) is 5.30. The fraction of sp³-hybridized carbons (Fsp3) is 0.529. The molecular formula is C17H24N2O3. The highest BCUT2D eigenvalue weighted by Gasteiger charge is 2.32. The number of fused-ring (bicyclic) bond motifs is 1. The lowest BCUT2D eigenvalue weighted by Crippen LogP contribution is -2.46. The van der Waals surface area contributed by atoms with E-state index in [-0.39, 0.29) is 11.7 Å². The van der Waals surface area contributed by atoms with Crippen molar-refractivity contribution in [3.63, 3.8) is 0 Å². The first kappa shape index (κ1) is 16.5. The van der Waals surface area contributed by atoms with Gasteiger partial charge in [-0.1, -0.05) is 13.8 Å². The molecule has 2 N–H and O–H groups in total. The van der Waals surface area contributed by atoms with Gasteiger partial charge >= 0.3 is 0 Å². The molecule has 1 aromatic carbocycles. The minimum atomic E-state index is -0.495. The number of hydrogen-bond donors (Lipinski definition) is 1. The van der Waals surface area contributed by atoms with Crippen LogP contribution in [0.4, 0.5) is 5.69 Å². The van der Waals surface area contributed by atoms with Gasteiger partial charge in [-0.25, -0.2) is 0 Å². The van der Waals surface area contributed by atoms with E-state index in [1.165, 1.54) is 0 Å². The topological polar surface area (TPSA) is 72.6 Å². The number of rotatable bonds is 6. The Morgan fingerprint density at radius 3 is 2.77 bits per heavy atom. The van der Waals surface area contributed by atoms with Crippen LogP contribution in [0.25, 0.3) is 0 Å². The zero-order chi connectivity index (χ0) is 16.3. The molecule has 1 aliphatic heterocycles. The van der Waals surface area contributed by atoms with Gasteiger partial charge in [0.05, 0.1) is 5.69 Å². The van der Waals surface area contributed by atoms with Crippen LogP contribution in [0.1, 0.15) is 44.0 Å². The number of ether oxygens (including phenoxy) is 1. The number of carbonyl (C=O) groups excluding carboxylic acids is 2. The summed E-state index contributed by atoms with van der Waals surface area (Å²) < 4.78 is 5.65. The Balaban J connectivity index is 2.34. The summed E-state index contributed by atoms with van der Waals surface area (Å²) in [7, 11) is 0. The standard InChI is InChI=1S/C17H24N2O3/c1-11(2)10-19-14-9-13(15(20)5-4-8-18)6-7-16(14)22-12(3)17(19)21/h6-7,9,11-12H,4-5,8,10,18H2,1-3H3. The number of carbonyl (C=O) groups is 2. The van der Waals surface area contributed by atoms with Gasteiger partial charge in [0.1, 0.15) is 5.75 Å². The van der Waals surface area contributed by atoms with Crippen molar-refractivity contribution >= 4 is 17.4 Å². The van der Waals surface area contributed by atoms with Crippen LogP contribution in [-0.2, 0) is 4.79 Å². The van der Waals surface area contributed by atoms with Crippen LogP contribution in [0.15, 0.2) is 18.2 Å². The zero-order valence-corrected chi connectivity index (χ0v) is 13.5. The average Bonchev–Trinajstić information content (AvgIpc) is 2.48. The van der Waals surface area contributed by atoms with Gasteiger partial charge in [-0.2, -0.15) is 0 Å². The second-order valence-corrected chi connectivity index (χ2v) is 6.10. The molecule has 1 unspecified atom stereocenters. The second-order valence-electron chi connectivity index (χ2n) is 6.10. The molecular weight excluding hydrogens is 280 g/mol. The molecule has 0 fully saturated rings. The highest BCUT2D eigenvalue weighted by atomic mass is 16.5. The molecule has 2 rings (SSSR count). The summed E-state index contributed by atoms with van der Waals surface area (Å²) in [5.41, 5.74) is 6.74. The van der Waals surface area contributed by atoms with E-state index in [9.17, 15) is 9.59 Å². The number of hydrogen-bond acceptors (Lipinski definition) is 4. The SMILES string of the molecule is CC(C)CN1C(=O)C(C)Oc2ccc(C(=O)CCCN)cc21. The zero-order valence-electron chi connectivity index (χ0n) is 13.5. The van der Waals surface area contributed by atoms with E-state index in [0.29, 0.717) is 48.8 Å². The van der Waals surface area contributed by atoms with Crippen molar-refractivity contribution in [3.05, 3.63) is 23.8 Å². The molecule has 1 aliphatic rings. The van der Waals surface area contributed by atoms with Crippen molar-refractivity contribution in [3.8, 4) is 5.75 Å². The number of nitrogens with zero attached hydrogens (tertiary/aromatic N) is 1. The van der Waals surface area contributed by atoms with Gasteiger partial charge in [0, 0.05) is 18.5 Å². The number of amides is 1. The molecule has 1 aromatic rings. The smallest absolute Gasteiger partial charge is 0.267 e. The summed E-state index contributed by atoms with van der Waals surface area (Å²) in [5, 5.41) is 0. The Kier molecular flexibility index (Phi) is 5.19. The van der Waals surface area contributed by atoms with Crippen molar-refractivity contribution in [2.75, 3.05) is 18.0 Å². The van der Waals surface area contributed by atoms with Gasteiger partial charge in [0.2, 0.25) is 0 Å². The van der Waals surface area contributed by atoms with Crippen molar-refractivity contribution in [2.45, 2.75) is 39.7 Å². The molecule has 1 heterocycles. The molecule has 5 nitrogen and oxygen atoms in total. The molecule has 0 spiro atoms. The number of Topliss-reactive ketones (excluding diaryl/α,β-unsaturated/α-hetero) is 1. The minimum absolute atomic E-state index is 0.0452. The lowest BCUT2D eigenvalue weighted by Gasteiger charge is -2.34. The Bertz CT molecular complexity index is 569. The van der Waals surface area contributed by atoms with E-state index in [4.69, 9.17) is 10.5 Å². The summed E-state index contributed by atoms with van der Waals surface area (Å²) in [6.45, 7) is 6.97. The third-order valence-electron chi connectivity index (χ3n) is 3.64. The Morgan fingerprint density at radius 2 is 2.14 bits per heavy atom. The fourth-order valence-corrected chi connectivity index (χ4v) is 2.54. The highest BCUT2D eigenvalue weighted by Crippen LogP contribution is 2.35. The molecule has 1 atom stereocenters. The van der Waals surface area contributed by atoms with Crippen molar-refractivity contribution in [1.82, 2.24) is 0 Å². The van der Waals surface area contributed by atoms with Crippen LogP contribution in [-0.4, -0.2) is 30.9 Å². The van der Waals surface area contributed by atoms with E-state index in [1.807, 2.05) is 0 Å². The van der Waals surface area contributed by atoms with E-state index >= 15 is 0 Å². The molecule has 0 aromatic heterocycles. The average molecular weight is 304 g/mol. The minimum Gasteiger partial charge on any atom is -0.479 e. The number of benzene rings is 1. The number of ketones is 1. The summed E-state index contributed by atoms with van der Waals surface area (Å²) in [6.07, 6.45) is 0.591. The molecule has 0 saturated carbocycles. The van der Waals surface area contributed by atoms with Crippen LogP contribution in [0, 0.1) is 5.92 Å². The molecule has 0 aliphatic carbocycles. The molecule has 22 heavy (non-hydrogen) atoms. The summed E-state index contributed by atoms with van der Waals surface area (Å²) in [4.78, 5) is 26.3. The van der Waals surface area contributed by atoms with E-state index in [1.54, 1.807) is 30.0 Å². The van der Waals surface area contributed by atoms with Gasteiger partial charge in [-0.05, 0) is 44.0 Å². The van der Waals surface area contributed by atoms with Crippen molar-refractivity contribution < 1.29 is 14.3 Å². The predicted molar refractivity (Wildman–Crippen MR) is 86.3 cm³/mol. The summed E-state index contributed by atoms with van der Waals surface area (Å²) in [5.74, 6) is 0.971. The van der Waals surface area contributed by atoms with Crippen LogP contribution >= 0.6 is 0 Å². The van der Waals surface area contributed by atoms with Gasteiger partial charge in [-0.15, -0.1) is 0 Å².